The van der Waals surface area contributed by atoms with E-state index in [4.69, 9.17) is 23.2 Å². The second kappa shape index (κ2) is 6.83. The van der Waals surface area contributed by atoms with Gasteiger partial charge in [-0.3, -0.25) is 5.01 Å². The zero-order valence-corrected chi connectivity index (χ0v) is 13.7. The zero-order valence-electron chi connectivity index (χ0n) is 12.2. The maximum atomic E-state index is 6.08. The van der Waals surface area contributed by atoms with Crippen molar-refractivity contribution in [3.8, 4) is 0 Å². The van der Waals surface area contributed by atoms with E-state index in [1.54, 1.807) is 5.01 Å². The molecule has 0 spiro atoms. The van der Waals surface area contributed by atoms with E-state index >= 15 is 0 Å². The average Bonchev–Trinajstić information content (AvgIpc) is 2.47. The molecule has 0 radical (unpaired) electrons. The highest BCUT2D eigenvalue weighted by Crippen LogP contribution is 2.23. The lowest BCUT2D eigenvalue weighted by Crippen LogP contribution is -2.13. The highest BCUT2D eigenvalue weighted by Gasteiger charge is 2.07. The molecular formula is C16H17Cl2N3. The molecule has 0 fully saturated rings. The van der Waals surface area contributed by atoms with Gasteiger partial charge in [-0.15, -0.1) is 0 Å². The predicted molar refractivity (Wildman–Crippen MR) is 93.1 cm³/mol. The molecule has 0 aliphatic heterocycles. The van der Waals surface area contributed by atoms with Gasteiger partial charge >= 0.3 is 0 Å². The van der Waals surface area contributed by atoms with Crippen molar-refractivity contribution in [3.05, 3.63) is 58.1 Å². The number of hydrogen-bond acceptors (Lipinski definition) is 3. The minimum atomic E-state index is 0.684. The Morgan fingerprint density at radius 1 is 1.10 bits per heavy atom. The first-order chi connectivity index (χ1) is 10.0. The van der Waals surface area contributed by atoms with Crippen LogP contribution in [0.1, 0.15) is 12.5 Å². The standard InChI is InChI=1S/C16H17Cl2N3/c1-11(15-10-13(18)7-8-16(15)19-2)20-21(3)14-6-4-5-12(17)9-14/h4-10,19H,1-3H3/b20-11+. The summed E-state index contributed by atoms with van der Waals surface area (Å²) in [6.07, 6.45) is 0. The molecule has 0 atom stereocenters. The number of halogens is 2. The van der Waals surface area contributed by atoms with Crippen LogP contribution in [0.15, 0.2) is 47.6 Å². The maximum absolute atomic E-state index is 6.08. The third-order valence-electron chi connectivity index (χ3n) is 3.12. The lowest BCUT2D eigenvalue weighted by atomic mass is 10.1. The van der Waals surface area contributed by atoms with E-state index < -0.39 is 0 Å². The number of nitrogens with zero attached hydrogens (tertiary/aromatic N) is 2. The van der Waals surface area contributed by atoms with Crippen LogP contribution < -0.4 is 10.3 Å². The molecule has 1 N–H and O–H groups in total. The van der Waals surface area contributed by atoms with Crippen molar-refractivity contribution in [2.45, 2.75) is 6.92 Å². The Labute approximate surface area is 135 Å². The summed E-state index contributed by atoms with van der Waals surface area (Å²) in [7, 11) is 3.76. The first-order valence-corrected chi connectivity index (χ1v) is 7.29. The fourth-order valence-corrected chi connectivity index (χ4v) is 2.40. The van der Waals surface area contributed by atoms with Crippen molar-refractivity contribution in [2.75, 3.05) is 24.4 Å². The number of rotatable bonds is 4. The molecule has 110 valence electrons. The first-order valence-electron chi connectivity index (χ1n) is 6.53. The number of hydrazone groups is 1. The molecule has 0 heterocycles. The minimum absolute atomic E-state index is 0.684. The Morgan fingerprint density at radius 2 is 1.81 bits per heavy atom. The van der Waals surface area contributed by atoms with Crippen molar-refractivity contribution in [3.63, 3.8) is 0 Å². The fourth-order valence-electron chi connectivity index (χ4n) is 2.05. The van der Waals surface area contributed by atoms with E-state index in [1.165, 1.54) is 0 Å². The molecule has 3 nitrogen and oxygen atoms in total. The Bertz CT molecular complexity index is 668. The van der Waals surface area contributed by atoms with E-state index in [2.05, 4.69) is 10.4 Å². The van der Waals surface area contributed by atoms with Crippen molar-refractivity contribution in [2.24, 2.45) is 5.10 Å². The summed E-state index contributed by atoms with van der Waals surface area (Å²) in [4.78, 5) is 0. The van der Waals surface area contributed by atoms with Crippen LogP contribution in [-0.4, -0.2) is 19.8 Å². The van der Waals surface area contributed by atoms with Crippen molar-refractivity contribution in [1.29, 1.82) is 0 Å². The highest BCUT2D eigenvalue weighted by molar-refractivity contribution is 6.31. The molecule has 2 rings (SSSR count). The molecule has 5 heteroatoms. The van der Waals surface area contributed by atoms with E-state index in [1.807, 2.05) is 63.5 Å². The van der Waals surface area contributed by atoms with Crippen LogP contribution in [0.4, 0.5) is 11.4 Å². The van der Waals surface area contributed by atoms with Gasteiger partial charge in [0.2, 0.25) is 0 Å². The number of nitrogens with one attached hydrogen (secondary N) is 1. The van der Waals surface area contributed by atoms with Crippen LogP contribution in [0.2, 0.25) is 10.0 Å². The topological polar surface area (TPSA) is 27.6 Å². The zero-order chi connectivity index (χ0) is 15.4. The van der Waals surface area contributed by atoms with Crippen LogP contribution in [0.3, 0.4) is 0 Å². The summed E-state index contributed by atoms with van der Waals surface area (Å²) >= 11 is 12.1. The van der Waals surface area contributed by atoms with Gasteiger partial charge in [-0.25, -0.2) is 0 Å². The van der Waals surface area contributed by atoms with E-state index in [0.29, 0.717) is 10.0 Å². The van der Waals surface area contributed by atoms with Crippen LogP contribution in [0, 0.1) is 0 Å². The summed E-state index contributed by atoms with van der Waals surface area (Å²) in [5.41, 5.74) is 3.75. The number of benzene rings is 2. The van der Waals surface area contributed by atoms with Gasteiger partial charge in [-0.05, 0) is 43.3 Å². The van der Waals surface area contributed by atoms with Gasteiger partial charge in [0.1, 0.15) is 0 Å². The largest absolute Gasteiger partial charge is 0.388 e. The average molecular weight is 322 g/mol. The first kappa shape index (κ1) is 15.7. The van der Waals surface area contributed by atoms with Gasteiger partial charge < -0.3 is 5.32 Å². The smallest absolute Gasteiger partial charge is 0.0672 e. The molecule has 2 aromatic rings. The Morgan fingerprint density at radius 3 is 2.48 bits per heavy atom. The summed E-state index contributed by atoms with van der Waals surface area (Å²) in [6, 6.07) is 13.3. The third-order valence-corrected chi connectivity index (χ3v) is 3.59. The van der Waals surface area contributed by atoms with Gasteiger partial charge in [0.15, 0.2) is 0 Å². The van der Waals surface area contributed by atoms with Crippen molar-refractivity contribution < 1.29 is 0 Å². The Hall–Kier alpha value is -1.71. The van der Waals surface area contributed by atoms with E-state index in [-0.39, 0.29) is 0 Å². The number of anilines is 2. The minimum Gasteiger partial charge on any atom is -0.388 e. The summed E-state index contributed by atoms with van der Waals surface area (Å²) in [6.45, 7) is 1.95. The highest BCUT2D eigenvalue weighted by atomic mass is 35.5. The fraction of sp³-hybridized carbons (Fsp3) is 0.188. The Kier molecular flexibility index (Phi) is 5.10. The molecule has 0 bridgehead atoms. The SMILES string of the molecule is CNc1ccc(Cl)cc1/C(C)=N/N(C)c1cccc(Cl)c1. The van der Waals surface area contributed by atoms with Gasteiger partial charge in [-0.1, -0.05) is 29.3 Å². The van der Waals surface area contributed by atoms with E-state index in [0.717, 1.165) is 22.6 Å². The predicted octanol–water partition coefficient (Wildman–Crippen LogP) is 4.90. The molecule has 2 aromatic carbocycles. The molecule has 0 aromatic heterocycles. The number of hydrogen-bond donors (Lipinski definition) is 1. The van der Waals surface area contributed by atoms with Gasteiger partial charge in [-0.2, -0.15) is 5.10 Å². The molecule has 0 aliphatic rings. The molecule has 0 amide bonds. The maximum Gasteiger partial charge on any atom is 0.0672 e. The van der Waals surface area contributed by atoms with Crippen molar-refractivity contribution >= 4 is 40.3 Å². The molecule has 21 heavy (non-hydrogen) atoms. The summed E-state index contributed by atoms with van der Waals surface area (Å²) < 4.78 is 0. The van der Waals surface area contributed by atoms with Crippen LogP contribution in [0.25, 0.3) is 0 Å². The van der Waals surface area contributed by atoms with Crippen LogP contribution >= 0.6 is 23.2 Å². The van der Waals surface area contributed by atoms with E-state index in [9.17, 15) is 0 Å². The normalized spacial score (nSPS) is 11.4. The molecule has 0 saturated carbocycles. The third kappa shape index (κ3) is 3.90. The van der Waals surface area contributed by atoms with Gasteiger partial charge in [0.05, 0.1) is 11.4 Å². The lowest BCUT2D eigenvalue weighted by molar-refractivity contribution is 1.01. The molecule has 0 unspecified atom stereocenters. The van der Waals surface area contributed by atoms with Crippen molar-refractivity contribution in [1.82, 2.24) is 0 Å². The van der Waals surface area contributed by atoms with Gasteiger partial charge in [0, 0.05) is 35.4 Å². The Balaban J connectivity index is 2.34. The lowest BCUT2D eigenvalue weighted by Gasteiger charge is -2.16. The quantitative estimate of drug-likeness (QED) is 0.641. The molecule has 0 aliphatic carbocycles. The second-order valence-corrected chi connectivity index (χ2v) is 5.50. The summed E-state index contributed by atoms with van der Waals surface area (Å²) in [5.74, 6) is 0. The van der Waals surface area contributed by atoms with Crippen LogP contribution in [-0.2, 0) is 0 Å². The second-order valence-electron chi connectivity index (χ2n) is 4.63. The summed E-state index contributed by atoms with van der Waals surface area (Å²) in [5, 5.41) is 10.9. The monoisotopic (exact) mass is 321 g/mol. The van der Waals surface area contributed by atoms with Gasteiger partial charge in [0.25, 0.3) is 0 Å². The van der Waals surface area contributed by atoms with Crippen LogP contribution in [0.5, 0.6) is 0 Å². The molecule has 0 saturated heterocycles. The molecular weight excluding hydrogens is 305 g/mol.